The van der Waals surface area contributed by atoms with Crippen molar-refractivity contribution >= 4 is 10.1 Å². The highest BCUT2D eigenvalue weighted by molar-refractivity contribution is 7.86. The van der Waals surface area contributed by atoms with Crippen molar-refractivity contribution in [2.24, 2.45) is 0 Å². The SMILES string of the molecule is C=CCOS(=O)(=O)c1ccc(C)c(C)c1CC=C. The predicted octanol–water partition coefficient (Wildman–Crippen LogP) is 2.92. The third kappa shape index (κ3) is 3.09. The molecule has 0 fully saturated rings. The summed E-state index contributed by atoms with van der Waals surface area (Å²) in [5, 5.41) is 0. The molecule has 0 aliphatic rings. The highest BCUT2D eigenvalue weighted by Crippen LogP contribution is 2.24. The lowest BCUT2D eigenvalue weighted by molar-refractivity contribution is 0.357. The lowest BCUT2D eigenvalue weighted by atomic mass is 10.0. The van der Waals surface area contributed by atoms with Crippen molar-refractivity contribution in [3.63, 3.8) is 0 Å². The van der Waals surface area contributed by atoms with Gasteiger partial charge in [-0.2, -0.15) is 8.42 Å². The molecule has 0 saturated carbocycles. The molecule has 0 N–H and O–H groups in total. The first-order chi connectivity index (χ1) is 8.44. The average molecular weight is 266 g/mol. The maximum atomic E-state index is 12.0. The van der Waals surface area contributed by atoms with E-state index in [1.807, 2.05) is 13.8 Å². The van der Waals surface area contributed by atoms with Crippen molar-refractivity contribution in [2.45, 2.75) is 25.2 Å². The summed E-state index contributed by atoms with van der Waals surface area (Å²) < 4.78 is 29.0. The van der Waals surface area contributed by atoms with E-state index in [2.05, 4.69) is 13.2 Å². The first kappa shape index (κ1) is 14.7. The minimum atomic E-state index is -3.73. The van der Waals surface area contributed by atoms with Crippen LogP contribution in [0.4, 0.5) is 0 Å². The number of aryl methyl sites for hydroxylation is 1. The molecule has 1 aromatic carbocycles. The molecular weight excluding hydrogens is 248 g/mol. The second kappa shape index (κ2) is 5.98. The molecule has 0 amide bonds. The fourth-order valence-corrected chi connectivity index (χ4v) is 2.86. The van der Waals surface area contributed by atoms with Gasteiger partial charge in [0.15, 0.2) is 0 Å². The van der Waals surface area contributed by atoms with Crippen LogP contribution in [0.5, 0.6) is 0 Å². The van der Waals surface area contributed by atoms with Crippen LogP contribution in [0.15, 0.2) is 42.3 Å². The quantitative estimate of drug-likeness (QED) is 0.587. The minimum Gasteiger partial charge on any atom is -0.262 e. The van der Waals surface area contributed by atoms with Crippen molar-refractivity contribution in [1.29, 1.82) is 0 Å². The number of benzene rings is 1. The Morgan fingerprint density at radius 1 is 1.22 bits per heavy atom. The summed E-state index contributed by atoms with van der Waals surface area (Å²) in [7, 11) is -3.73. The standard InChI is InChI=1S/C14H18O3S/c1-5-7-13-12(4)11(3)8-9-14(13)18(15,16)17-10-6-2/h5-6,8-9H,1-2,7,10H2,3-4H3. The van der Waals surface area contributed by atoms with Crippen molar-refractivity contribution < 1.29 is 12.6 Å². The zero-order chi connectivity index (χ0) is 13.8. The summed E-state index contributed by atoms with van der Waals surface area (Å²) in [5.74, 6) is 0. The Morgan fingerprint density at radius 3 is 2.44 bits per heavy atom. The third-order valence-electron chi connectivity index (χ3n) is 2.79. The van der Waals surface area contributed by atoms with Crippen LogP contribution in [0.3, 0.4) is 0 Å². The van der Waals surface area contributed by atoms with E-state index in [4.69, 9.17) is 4.18 Å². The highest BCUT2D eigenvalue weighted by Gasteiger charge is 2.20. The van der Waals surface area contributed by atoms with E-state index < -0.39 is 10.1 Å². The molecule has 0 aliphatic heterocycles. The third-order valence-corrected chi connectivity index (χ3v) is 4.15. The van der Waals surface area contributed by atoms with Gasteiger partial charge < -0.3 is 0 Å². The number of allylic oxidation sites excluding steroid dienone is 1. The number of hydrogen-bond donors (Lipinski definition) is 0. The average Bonchev–Trinajstić information content (AvgIpc) is 2.32. The Hall–Kier alpha value is -1.39. The monoisotopic (exact) mass is 266 g/mol. The molecule has 1 aromatic rings. The topological polar surface area (TPSA) is 43.4 Å². The molecule has 0 aromatic heterocycles. The molecule has 98 valence electrons. The van der Waals surface area contributed by atoms with E-state index in [0.717, 1.165) is 16.7 Å². The van der Waals surface area contributed by atoms with Crippen LogP contribution < -0.4 is 0 Å². The normalized spacial score (nSPS) is 11.2. The predicted molar refractivity (Wildman–Crippen MR) is 73.2 cm³/mol. The van der Waals surface area contributed by atoms with Crippen molar-refractivity contribution in [2.75, 3.05) is 6.61 Å². The molecule has 0 unspecified atom stereocenters. The maximum absolute atomic E-state index is 12.0. The van der Waals surface area contributed by atoms with Crippen LogP contribution in [0.2, 0.25) is 0 Å². The Balaban J connectivity index is 3.35. The Morgan fingerprint density at radius 2 is 1.89 bits per heavy atom. The minimum absolute atomic E-state index is 0.0250. The molecule has 3 nitrogen and oxygen atoms in total. The van der Waals surface area contributed by atoms with Crippen LogP contribution in [0.1, 0.15) is 16.7 Å². The van der Waals surface area contributed by atoms with Gasteiger partial charge in [-0.15, -0.1) is 13.2 Å². The van der Waals surface area contributed by atoms with Crippen LogP contribution >= 0.6 is 0 Å². The molecule has 0 spiro atoms. The Labute approximate surface area is 109 Å². The van der Waals surface area contributed by atoms with E-state index in [9.17, 15) is 8.42 Å². The van der Waals surface area contributed by atoms with E-state index in [-0.39, 0.29) is 11.5 Å². The summed E-state index contributed by atoms with van der Waals surface area (Å²) in [6.07, 6.45) is 3.60. The van der Waals surface area contributed by atoms with Gasteiger partial charge in [0.2, 0.25) is 0 Å². The van der Waals surface area contributed by atoms with Crippen molar-refractivity contribution in [3.8, 4) is 0 Å². The summed E-state index contributed by atoms with van der Waals surface area (Å²) in [6, 6.07) is 3.37. The summed E-state index contributed by atoms with van der Waals surface area (Å²) in [6.45, 7) is 10.9. The maximum Gasteiger partial charge on any atom is 0.297 e. The van der Waals surface area contributed by atoms with Crippen molar-refractivity contribution in [3.05, 3.63) is 54.1 Å². The van der Waals surface area contributed by atoms with E-state index in [0.29, 0.717) is 6.42 Å². The molecule has 0 atom stereocenters. The number of hydrogen-bond acceptors (Lipinski definition) is 3. The van der Waals surface area contributed by atoms with Crippen molar-refractivity contribution in [1.82, 2.24) is 0 Å². The molecule has 1 rings (SSSR count). The van der Waals surface area contributed by atoms with Gasteiger partial charge in [0, 0.05) is 0 Å². The zero-order valence-corrected chi connectivity index (χ0v) is 11.6. The summed E-state index contributed by atoms with van der Waals surface area (Å²) >= 11 is 0. The van der Waals surface area contributed by atoms with Crippen LogP contribution in [0.25, 0.3) is 0 Å². The second-order valence-corrected chi connectivity index (χ2v) is 5.59. The highest BCUT2D eigenvalue weighted by atomic mass is 32.2. The molecule has 0 bridgehead atoms. The molecule has 0 aliphatic carbocycles. The van der Waals surface area contributed by atoms with Gasteiger partial charge in [-0.1, -0.05) is 18.2 Å². The Bertz CT molecular complexity index is 557. The fourth-order valence-electron chi connectivity index (χ4n) is 1.68. The van der Waals surface area contributed by atoms with Gasteiger partial charge in [0.05, 0.1) is 11.5 Å². The molecule has 0 saturated heterocycles. The lowest BCUT2D eigenvalue weighted by Crippen LogP contribution is -2.10. The molecule has 4 heteroatoms. The molecular formula is C14H18O3S. The smallest absolute Gasteiger partial charge is 0.262 e. The van der Waals surface area contributed by atoms with Crippen LogP contribution in [-0.2, 0) is 20.7 Å². The van der Waals surface area contributed by atoms with E-state index in [1.165, 1.54) is 6.08 Å². The first-order valence-corrected chi connectivity index (χ1v) is 7.05. The molecule has 18 heavy (non-hydrogen) atoms. The van der Waals surface area contributed by atoms with Gasteiger partial charge in [-0.25, -0.2) is 0 Å². The fraction of sp³-hybridized carbons (Fsp3) is 0.286. The van der Waals surface area contributed by atoms with Crippen LogP contribution in [-0.4, -0.2) is 15.0 Å². The zero-order valence-electron chi connectivity index (χ0n) is 10.8. The largest absolute Gasteiger partial charge is 0.297 e. The van der Waals surface area contributed by atoms with Crippen LogP contribution in [0, 0.1) is 13.8 Å². The summed E-state index contributed by atoms with van der Waals surface area (Å²) in [4.78, 5) is 0.215. The van der Waals surface area contributed by atoms with Gasteiger partial charge in [-0.3, -0.25) is 4.18 Å². The number of rotatable bonds is 6. The van der Waals surface area contributed by atoms with E-state index >= 15 is 0 Å². The van der Waals surface area contributed by atoms with Gasteiger partial charge >= 0.3 is 0 Å². The first-order valence-electron chi connectivity index (χ1n) is 5.64. The Kier molecular flexibility index (Phi) is 4.87. The molecule has 0 radical (unpaired) electrons. The van der Waals surface area contributed by atoms with Gasteiger partial charge in [0.1, 0.15) is 0 Å². The lowest BCUT2D eigenvalue weighted by Gasteiger charge is -2.13. The summed E-state index contributed by atoms with van der Waals surface area (Å²) in [5.41, 5.74) is 2.75. The molecule has 0 heterocycles. The van der Waals surface area contributed by atoms with E-state index in [1.54, 1.807) is 18.2 Å². The second-order valence-electron chi connectivity index (χ2n) is 4.00. The van der Waals surface area contributed by atoms with Gasteiger partial charge in [-0.05, 0) is 43.0 Å². The van der Waals surface area contributed by atoms with Gasteiger partial charge in [0.25, 0.3) is 10.1 Å².